The van der Waals surface area contributed by atoms with Crippen LogP contribution in [-0.4, -0.2) is 17.4 Å². The molecule has 2 aromatic rings. The van der Waals surface area contributed by atoms with Gasteiger partial charge in [0.2, 0.25) is 0 Å². The molecule has 2 aliphatic rings. The molecule has 0 atom stereocenters. The molecule has 1 aromatic carbocycles. The van der Waals surface area contributed by atoms with E-state index in [1.54, 1.807) is 11.8 Å². The van der Waals surface area contributed by atoms with Gasteiger partial charge in [-0.05, 0) is 69.0 Å². The van der Waals surface area contributed by atoms with Gasteiger partial charge in [0.15, 0.2) is 0 Å². The third-order valence-corrected chi connectivity index (χ3v) is 5.75. The number of aromatic nitrogens is 1. The Kier molecular flexibility index (Phi) is 4.17. The van der Waals surface area contributed by atoms with Crippen molar-refractivity contribution in [2.24, 2.45) is 5.92 Å². The third-order valence-electron chi connectivity index (χ3n) is 5.02. The minimum atomic E-state index is 0.160. The number of nitrogens with zero attached hydrogens (tertiary/aromatic N) is 1. The van der Waals surface area contributed by atoms with E-state index >= 15 is 0 Å². The van der Waals surface area contributed by atoms with Crippen LogP contribution in [-0.2, 0) is 13.0 Å². The van der Waals surface area contributed by atoms with Gasteiger partial charge in [0.1, 0.15) is 5.75 Å². The molecule has 2 heterocycles. The summed E-state index contributed by atoms with van der Waals surface area (Å²) in [5.41, 5.74) is 4.45. The van der Waals surface area contributed by atoms with E-state index in [1.165, 1.54) is 29.0 Å². The SMILES string of the molecule is CSc1ccc(OCC2CC2)c(-c2cc(C)c(=O)n3c2CCC3)c1. The van der Waals surface area contributed by atoms with Gasteiger partial charge in [-0.3, -0.25) is 4.79 Å². The molecule has 1 saturated carbocycles. The van der Waals surface area contributed by atoms with Gasteiger partial charge in [0, 0.05) is 33.8 Å². The van der Waals surface area contributed by atoms with Crippen molar-refractivity contribution in [1.29, 1.82) is 0 Å². The molecule has 4 rings (SSSR count). The highest BCUT2D eigenvalue weighted by atomic mass is 32.2. The van der Waals surface area contributed by atoms with Crippen molar-refractivity contribution in [3.8, 4) is 16.9 Å². The minimum absolute atomic E-state index is 0.160. The maximum Gasteiger partial charge on any atom is 0.253 e. The Morgan fingerprint density at radius 3 is 2.83 bits per heavy atom. The van der Waals surface area contributed by atoms with Crippen molar-refractivity contribution in [1.82, 2.24) is 4.57 Å². The summed E-state index contributed by atoms with van der Waals surface area (Å²) in [5, 5.41) is 0. The van der Waals surface area contributed by atoms with Crippen molar-refractivity contribution in [2.75, 3.05) is 12.9 Å². The van der Waals surface area contributed by atoms with Gasteiger partial charge in [-0.2, -0.15) is 0 Å². The summed E-state index contributed by atoms with van der Waals surface area (Å²) in [5.74, 6) is 1.68. The molecule has 24 heavy (non-hydrogen) atoms. The Bertz CT molecular complexity index is 836. The fourth-order valence-electron chi connectivity index (χ4n) is 3.45. The highest BCUT2D eigenvalue weighted by Crippen LogP contribution is 2.38. The predicted molar refractivity (Wildman–Crippen MR) is 99.2 cm³/mol. The van der Waals surface area contributed by atoms with E-state index in [1.807, 2.05) is 11.5 Å². The third kappa shape index (κ3) is 2.88. The first kappa shape index (κ1) is 15.8. The van der Waals surface area contributed by atoms with Crippen molar-refractivity contribution in [3.63, 3.8) is 0 Å². The molecule has 1 aliphatic carbocycles. The zero-order chi connectivity index (χ0) is 16.7. The summed E-state index contributed by atoms with van der Waals surface area (Å²) in [6.07, 6.45) is 6.68. The topological polar surface area (TPSA) is 31.2 Å². The van der Waals surface area contributed by atoms with Crippen LogP contribution < -0.4 is 10.3 Å². The summed E-state index contributed by atoms with van der Waals surface area (Å²) in [7, 11) is 0. The molecule has 0 spiro atoms. The molecular formula is C20H23NO2S. The largest absolute Gasteiger partial charge is 0.493 e. The number of ether oxygens (including phenoxy) is 1. The van der Waals surface area contributed by atoms with Crippen LogP contribution in [0.15, 0.2) is 34.0 Å². The monoisotopic (exact) mass is 341 g/mol. The van der Waals surface area contributed by atoms with Crippen LogP contribution in [0.4, 0.5) is 0 Å². The van der Waals surface area contributed by atoms with Crippen molar-refractivity contribution in [2.45, 2.75) is 44.0 Å². The van der Waals surface area contributed by atoms with Gasteiger partial charge >= 0.3 is 0 Å². The summed E-state index contributed by atoms with van der Waals surface area (Å²) >= 11 is 1.74. The second kappa shape index (κ2) is 6.32. The first-order chi connectivity index (χ1) is 11.7. The van der Waals surface area contributed by atoms with Gasteiger partial charge in [-0.15, -0.1) is 11.8 Å². The standard InChI is InChI=1S/C20H23NO2S/c1-13-10-16(18-4-3-9-21(18)20(13)22)17-11-15(24-2)7-8-19(17)23-12-14-5-6-14/h7-8,10-11,14H,3-6,9,12H2,1-2H3. The number of hydrogen-bond acceptors (Lipinski definition) is 3. The summed E-state index contributed by atoms with van der Waals surface area (Å²) in [6, 6.07) is 8.49. The van der Waals surface area contributed by atoms with E-state index in [0.717, 1.165) is 48.8 Å². The average molecular weight is 341 g/mol. The Balaban J connectivity index is 1.84. The highest BCUT2D eigenvalue weighted by Gasteiger charge is 2.24. The van der Waals surface area contributed by atoms with Crippen molar-refractivity contribution >= 4 is 11.8 Å². The molecule has 3 nitrogen and oxygen atoms in total. The van der Waals surface area contributed by atoms with E-state index in [9.17, 15) is 4.79 Å². The molecule has 0 unspecified atom stereocenters. The maximum absolute atomic E-state index is 12.4. The van der Waals surface area contributed by atoms with Crippen LogP contribution >= 0.6 is 11.8 Å². The highest BCUT2D eigenvalue weighted by molar-refractivity contribution is 7.98. The smallest absolute Gasteiger partial charge is 0.253 e. The number of benzene rings is 1. The van der Waals surface area contributed by atoms with Gasteiger partial charge in [-0.25, -0.2) is 0 Å². The molecule has 0 radical (unpaired) electrons. The molecule has 0 bridgehead atoms. The lowest BCUT2D eigenvalue weighted by atomic mass is 10.00. The summed E-state index contributed by atoms with van der Waals surface area (Å²) in [6.45, 7) is 3.56. The number of aryl methyl sites for hydroxylation is 1. The molecule has 0 saturated heterocycles. The Hall–Kier alpha value is -1.68. The number of hydrogen-bond donors (Lipinski definition) is 0. The molecule has 1 aliphatic heterocycles. The van der Waals surface area contributed by atoms with E-state index in [4.69, 9.17) is 4.74 Å². The van der Waals surface area contributed by atoms with E-state index in [0.29, 0.717) is 0 Å². The van der Waals surface area contributed by atoms with Gasteiger partial charge in [-0.1, -0.05) is 0 Å². The van der Waals surface area contributed by atoms with Crippen LogP contribution in [0.1, 0.15) is 30.5 Å². The quantitative estimate of drug-likeness (QED) is 0.761. The zero-order valence-corrected chi connectivity index (χ0v) is 15.1. The number of fused-ring (bicyclic) bond motifs is 1. The van der Waals surface area contributed by atoms with Crippen LogP contribution in [0, 0.1) is 12.8 Å². The van der Waals surface area contributed by atoms with Crippen LogP contribution in [0.5, 0.6) is 5.75 Å². The van der Waals surface area contributed by atoms with E-state index < -0.39 is 0 Å². The zero-order valence-electron chi connectivity index (χ0n) is 14.3. The predicted octanol–water partition coefficient (Wildman–Crippen LogP) is 4.28. The first-order valence-electron chi connectivity index (χ1n) is 8.72. The van der Waals surface area contributed by atoms with Crippen LogP contribution in [0.2, 0.25) is 0 Å². The lowest BCUT2D eigenvalue weighted by molar-refractivity contribution is 0.301. The lowest BCUT2D eigenvalue weighted by Crippen LogP contribution is -2.22. The van der Waals surface area contributed by atoms with Gasteiger partial charge in [0.05, 0.1) is 6.61 Å². The molecular weight excluding hydrogens is 318 g/mol. The minimum Gasteiger partial charge on any atom is -0.493 e. The fourth-order valence-corrected chi connectivity index (χ4v) is 3.89. The fraction of sp³-hybridized carbons (Fsp3) is 0.450. The van der Waals surface area contributed by atoms with Crippen LogP contribution in [0.3, 0.4) is 0 Å². The first-order valence-corrected chi connectivity index (χ1v) is 9.94. The maximum atomic E-state index is 12.4. The van der Waals surface area contributed by atoms with Crippen LogP contribution in [0.25, 0.3) is 11.1 Å². The van der Waals surface area contributed by atoms with Gasteiger partial charge < -0.3 is 9.30 Å². The Labute approximate surface area is 147 Å². The normalized spacial score (nSPS) is 16.2. The number of pyridine rings is 1. The second-order valence-corrected chi connectivity index (χ2v) is 7.74. The molecule has 126 valence electrons. The Morgan fingerprint density at radius 1 is 1.25 bits per heavy atom. The second-order valence-electron chi connectivity index (χ2n) is 6.86. The summed E-state index contributed by atoms with van der Waals surface area (Å²) < 4.78 is 8.11. The molecule has 0 amide bonds. The van der Waals surface area contributed by atoms with Crippen molar-refractivity contribution < 1.29 is 4.74 Å². The number of rotatable bonds is 5. The number of thioether (sulfide) groups is 1. The summed E-state index contributed by atoms with van der Waals surface area (Å²) in [4.78, 5) is 13.6. The molecule has 1 aromatic heterocycles. The van der Waals surface area contributed by atoms with E-state index in [2.05, 4.69) is 30.5 Å². The van der Waals surface area contributed by atoms with E-state index in [-0.39, 0.29) is 5.56 Å². The molecule has 4 heteroatoms. The van der Waals surface area contributed by atoms with Crippen molar-refractivity contribution in [3.05, 3.63) is 45.9 Å². The average Bonchev–Trinajstić information content (AvgIpc) is 3.30. The molecule has 1 fully saturated rings. The lowest BCUT2D eigenvalue weighted by Gasteiger charge is -2.17. The molecule has 0 N–H and O–H groups in total. The Morgan fingerprint density at radius 2 is 2.08 bits per heavy atom. The van der Waals surface area contributed by atoms with Gasteiger partial charge in [0.25, 0.3) is 5.56 Å².